The van der Waals surface area contributed by atoms with Crippen molar-refractivity contribution < 1.29 is 4.74 Å². The van der Waals surface area contributed by atoms with Crippen molar-refractivity contribution >= 4 is 0 Å². The van der Waals surface area contributed by atoms with E-state index >= 15 is 0 Å². The van der Waals surface area contributed by atoms with Crippen LogP contribution in [0.4, 0.5) is 0 Å². The first-order valence-electron chi connectivity index (χ1n) is 5.54. The Kier molecular flexibility index (Phi) is 4.99. The normalized spacial score (nSPS) is 12.0. The van der Waals surface area contributed by atoms with Gasteiger partial charge in [-0.2, -0.15) is 0 Å². The van der Waals surface area contributed by atoms with Gasteiger partial charge in [-0.3, -0.25) is 4.98 Å². The van der Waals surface area contributed by atoms with Gasteiger partial charge in [0.1, 0.15) is 12.4 Å². The number of nitrogens with zero attached hydrogens (tertiary/aromatic N) is 1. The van der Waals surface area contributed by atoms with Crippen LogP contribution in [-0.4, -0.2) is 17.6 Å². The van der Waals surface area contributed by atoms with Crippen molar-refractivity contribution in [3.05, 3.63) is 35.7 Å². The molecule has 3 nitrogen and oxygen atoms in total. The first-order chi connectivity index (χ1) is 7.58. The number of allylic oxidation sites excluding steroid dienone is 1. The monoisotopic (exact) mass is 220 g/mol. The van der Waals surface area contributed by atoms with Crippen LogP contribution >= 0.6 is 0 Å². The molecule has 0 aliphatic rings. The van der Waals surface area contributed by atoms with Crippen molar-refractivity contribution in [1.82, 2.24) is 4.98 Å². The molecule has 1 unspecified atom stereocenters. The fourth-order valence-electron chi connectivity index (χ4n) is 1.25. The molecule has 0 aliphatic carbocycles. The molecule has 0 bridgehead atoms. The zero-order valence-corrected chi connectivity index (χ0v) is 10.2. The summed E-state index contributed by atoms with van der Waals surface area (Å²) in [6.07, 6.45) is 4.58. The quantitative estimate of drug-likeness (QED) is 0.775. The second-order valence-electron chi connectivity index (χ2n) is 4.26. The van der Waals surface area contributed by atoms with Gasteiger partial charge in [-0.25, -0.2) is 0 Å². The van der Waals surface area contributed by atoms with E-state index in [1.165, 1.54) is 5.57 Å². The Hall–Kier alpha value is -1.35. The predicted molar refractivity (Wildman–Crippen MR) is 66.5 cm³/mol. The van der Waals surface area contributed by atoms with E-state index < -0.39 is 0 Å². The van der Waals surface area contributed by atoms with Crippen molar-refractivity contribution in [3.63, 3.8) is 0 Å². The summed E-state index contributed by atoms with van der Waals surface area (Å²) in [6, 6.07) is 4.04. The lowest BCUT2D eigenvalue weighted by atomic mass is 10.2. The van der Waals surface area contributed by atoms with E-state index in [0.717, 1.165) is 17.9 Å². The fourth-order valence-corrected chi connectivity index (χ4v) is 1.25. The molecule has 0 fully saturated rings. The van der Waals surface area contributed by atoms with E-state index in [-0.39, 0.29) is 6.04 Å². The van der Waals surface area contributed by atoms with Crippen molar-refractivity contribution in [2.24, 2.45) is 5.73 Å². The van der Waals surface area contributed by atoms with Crippen LogP contribution < -0.4 is 10.5 Å². The van der Waals surface area contributed by atoms with Gasteiger partial charge in [-0.05, 0) is 39.0 Å². The lowest BCUT2D eigenvalue weighted by molar-refractivity contribution is 0.360. The van der Waals surface area contributed by atoms with E-state index in [4.69, 9.17) is 10.5 Å². The van der Waals surface area contributed by atoms with Crippen LogP contribution in [0.5, 0.6) is 5.75 Å². The zero-order chi connectivity index (χ0) is 12.0. The van der Waals surface area contributed by atoms with Crippen LogP contribution in [0.15, 0.2) is 30.0 Å². The van der Waals surface area contributed by atoms with Crippen molar-refractivity contribution in [3.8, 4) is 5.75 Å². The smallest absolute Gasteiger partial charge is 0.138 e. The Morgan fingerprint density at radius 1 is 1.50 bits per heavy atom. The number of aromatic nitrogens is 1. The minimum absolute atomic E-state index is 0.143. The Morgan fingerprint density at radius 2 is 2.25 bits per heavy atom. The molecule has 1 atom stereocenters. The molecule has 2 N–H and O–H groups in total. The van der Waals surface area contributed by atoms with Gasteiger partial charge in [-0.15, -0.1) is 0 Å². The van der Waals surface area contributed by atoms with Crippen LogP contribution in [-0.2, 0) is 6.42 Å². The van der Waals surface area contributed by atoms with Gasteiger partial charge < -0.3 is 10.5 Å². The number of hydrogen-bond donors (Lipinski definition) is 1. The maximum absolute atomic E-state index is 5.70. The zero-order valence-electron chi connectivity index (χ0n) is 10.2. The second-order valence-corrected chi connectivity index (χ2v) is 4.26. The third kappa shape index (κ3) is 4.94. The average molecular weight is 220 g/mol. The van der Waals surface area contributed by atoms with E-state index in [2.05, 4.69) is 4.98 Å². The van der Waals surface area contributed by atoms with Crippen LogP contribution in [0.3, 0.4) is 0 Å². The molecule has 0 aliphatic heterocycles. The van der Waals surface area contributed by atoms with Crippen molar-refractivity contribution in [2.45, 2.75) is 33.2 Å². The molecule has 1 aromatic rings. The maximum atomic E-state index is 5.70. The third-order valence-corrected chi connectivity index (χ3v) is 2.07. The van der Waals surface area contributed by atoms with Gasteiger partial charge in [0, 0.05) is 18.2 Å². The molecule has 3 heteroatoms. The predicted octanol–water partition coefficient (Wildman–Crippen LogP) is 2.32. The summed E-state index contributed by atoms with van der Waals surface area (Å²) < 4.78 is 5.51. The van der Waals surface area contributed by atoms with Crippen LogP contribution in [0.2, 0.25) is 0 Å². The minimum Gasteiger partial charge on any atom is -0.488 e. The largest absolute Gasteiger partial charge is 0.488 e. The van der Waals surface area contributed by atoms with Gasteiger partial charge in [0.05, 0.1) is 6.20 Å². The summed E-state index contributed by atoms with van der Waals surface area (Å²) in [5.41, 5.74) is 7.95. The van der Waals surface area contributed by atoms with Crippen LogP contribution in [0.25, 0.3) is 0 Å². The summed E-state index contributed by atoms with van der Waals surface area (Å²) in [5.74, 6) is 0.797. The molecule has 1 rings (SSSR count). The summed E-state index contributed by atoms with van der Waals surface area (Å²) >= 11 is 0. The highest BCUT2D eigenvalue weighted by Crippen LogP contribution is 2.10. The highest BCUT2D eigenvalue weighted by Gasteiger charge is 1.99. The first-order valence-corrected chi connectivity index (χ1v) is 5.54. The SMILES string of the molecule is CC(C)=CCOc1ccc(CC(C)N)nc1. The third-order valence-electron chi connectivity index (χ3n) is 2.07. The molecule has 0 saturated carbocycles. The maximum Gasteiger partial charge on any atom is 0.138 e. The minimum atomic E-state index is 0.143. The van der Waals surface area contributed by atoms with Crippen molar-refractivity contribution in [2.75, 3.05) is 6.61 Å². The van der Waals surface area contributed by atoms with Crippen LogP contribution in [0, 0.1) is 0 Å². The Bertz CT molecular complexity index is 337. The summed E-state index contributed by atoms with van der Waals surface area (Å²) in [6.45, 7) is 6.66. The standard InChI is InChI=1S/C13H20N2O/c1-10(2)6-7-16-13-5-4-12(15-9-13)8-11(3)14/h4-6,9,11H,7-8,14H2,1-3H3. The molecule has 1 aromatic heterocycles. The van der Waals surface area contributed by atoms with Gasteiger partial charge in [-0.1, -0.05) is 5.57 Å². The molecule has 0 radical (unpaired) electrons. The molecule has 0 spiro atoms. The first kappa shape index (κ1) is 12.7. The van der Waals surface area contributed by atoms with Gasteiger partial charge >= 0.3 is 0 Å². The topological polar surface area (TPSA) is 48.1 Å². The van der Waals surface area contributed by atoms with Crippen molar-refractivity contribution in [1.29, 1.82) is 0 Å². The number of pyridine rings is 1. The molecule has 0 amide bonds. The average Bonchev–Trinajstić information content (AvgIpc) is 2.19. The molecule has 1 heterocycles. The van der Waals surface area contributed by atoms with Gasteiger partial charge in [0.15, 0.2) is 0 Å². The molecule has 0 aromatic carbocycles. The number of hydrogen-bond acceptors (Lipinski definition) is 3. The van der Waals surface area contributed by atoms with Crippen LogP contribution in [0.1, 0.15) is 26.5 Å². The highest BCUT2D eigenvalue weighted by atomic mass is 16.5. The van der Waals surface area contributed by atoms with Gasteiger partial charge in [0.25, 0.3) is 0 Å². The Balaban J connectivity index is 2.48. The molecule has 88 valence electrons. The van der Waals surface area contributed by atoms with E-state index in [9.17, 15) is 0 Å². The lowest BCUT2D eigenvalue weighted by Crippen LogP contribution is -2.18. The summed E-state index contributed by atoms with van der Waals surface area (Å²) in [4.78, 5) is 4.29. The second kappa shape index (κ2) is 6.28. The highest BCUT2D eigenvalue weighted by molar-refractivity contribution is 5.20. The molecule has 0 saturated heterocycles. The summed E-state index contributed by atoms with van der Waals surface area (Å²) in [5, 5.41) is 0. The lowest BCUT2D eigenvalue weighted by Gasteiger charge is -2.06. The molecule has 16 heavy (non-hydrogen) atoms. The molecular weight excluding hydrogens is 200 g/mol. The van der Waals surface area contributed by atoms with E-state index in [0.29, 0.717) is 6.61 Å². The Morgan fingerprint density at radius 3 is 2.75 bits per heavy atom. The fraction of sp³-hybridized carbons (Fsp3) is 0.462. The Labute approximate surface area is 97.3 Å². The van der Waals surface area contributed by atoms with E-state index in [1.54, 1.807) is 6.20 Å². The number of rotatable bonds is 5. The number of nitrogens with two attached hydrogens (primary N) is 1. The van der Waals surface area contributed by atoms with E-state index in [1.807, 2.05) is 39.0 Å². The molecular formula is C13H20N2O. The number of ether oxygens (including phenoxy) is 1. The van der Waals surface area contributed by atoms with Gasteiger partial charge in [0.2, 0.25) is 0 Å². The summed E-state index contributed by atoms with van der Waals surface area (Å²) in [7, 11) is 0.